The van der Waals surface area contributed by atoms with Crippen LogP contribution in [-0.4, -0.2) is 54.4 Å². The fraction of sp³-hybridized carbons (Fsp3) is 0.355. The topological polar surface area (TPSA) is 49.9 Å². The smallest absolute Gasteiger partial charge is 0.257 e. The molecule has 1 aliphatic rings. The van der Waals surface area contributed by atoms with Gasteiger partial charge in [0.2, 0.25) is 5.91 Å². The molecule has 0 N–H and O–H groups in total. The van der Waals surface area contributed by atoms with Crippen LogP contribution >= 0.6 is 0 Å². The predicted octanol–water partition coefficient (Wildman–Crippen LogP) is 5.31. The van der Waals surface area contributed by atoms with Gasteiger partial charge in [0.25, 0.3) is 5.91 Å². The number of hydrogen-bond acceptors (Lipinski definition) is 3. The summed E-state index contributed by atoms with van der Waals surface area (Å²) in [5.74, 6) is 0.653. The second-order valence-corrected chi connectivity index (χ2v) is 9.63. The fourth-order valence-corrected chi connectivity index (χ4v) is 4.80. The van der Waals surface area contributed by atoms with E-state index in [0.29, 0.717) is 43.9 Å². The van der Waals surface area contributed by atoms with Gasteiger partial charge in [-0.15, -0.1) is 0 Å². The van der Waals surface area contributed by atoms with Crippen LogP contribution in [0.25, 0.3) is 0 Å². The van der Waals surface area contributed by atoms with Crippen molar-refractivity contribution in [2.45, 2.75) is 45.1 Å². The van der Waals surface area contributed by atoms with Gasteiger partial charge in [0, 0.05) is 20.1 Å². The Bertz CT molecular complexity index is 1160. The third-order valence-electron chi connectivity index (χ3n) is 6.97. The molecular formula is C31H36N2O3. The molecule has 5 heteroatoms. The highest BCUT2D eigenvalue weighted by atomic mass is 16.5. The number of para-hydroxylation sites is 1. The molecule has 0 unspecified atom stereocenters. The number of amides is 2. The van der Waals surface area contributed by atoms with Gasteiger partial charge >= 0.3 is 0 Å². The number of aryl methyl sites for hydroxylation is 1. The quantitative estimate of drug-likeness (QED) is 0.504. The summed E-state index contributed by atoms with van der Waals surface area (Å²) in [7, 11) is 1.84. The van der Waals surface area contributed by atoms with E-state index in [2.05, 4.69) is 25.1 Å². The van der Waals surface area contributed by atoms with E-state index in [1.165, 1.54) is 0 Å². The summed E-state index contributed by atoms with van der Waals surface area (Å²) >= 11 is 0. The van der Waals surface area contributed by atoms with Gasteiger partial charge in [-0.3, -0.25) is 9.59 Å². The Kier molecular flexibility index (Phi) is 8.77. The monoisotopic (exact) mass is 484 g/mol. The Morgan fingerprint density at radius 1 is 0.889 bits per heavy atom. The number of rotatable bonds is 4. The minimum absolute atomic E-state index is 0.0306. The van der Waals surface area contributed by atoms with Crippen molar-refractivity contribution in [3.8, 4) is 5.75 Å². The molecule has 0 aromatic heterocycles. The highest BCUT2D eigenvalue weighted by Crippen LogP contribution is 2.23. The Hall–Kier alpha value is -3.60. The Labute approximate surface area is 214 Å². The zero-order valence-electron chi connectivity index (χ0n) is 21.4. The summed E-state index contributed by atoms with van der Waals surface area (Å²) in [6.07, 6.45) is 3.80. The molecule has 188 valence electrons. The van der Waals surface area contributed by atoms with E-state index >= 15 is 0 Å². The van der Waals surface area contributed by atoms with Crippen molar-refractivity contribution in [1.29, 1.82) is 0 Å². The molecule has 0 saturated heterocycles. The van der Waals surface area contributed by atoms with Crippen LogP contribution in [0.2, 0.25) is 0 Å². The molecule has 36 heavy (non-hydrogen) atoms. The molecule has 5 nitrogen and oxygen atoms in total. The average Bonchev–Trinajstić information content (AvgIpc) is 2.90. The molecule has 0 aliphatic carbocycles. The number of benzene rings is 3. The molecule has 0 saturated carbocycles. The molecule has 0 fully saturated rings. The van der Waals surface area contributed by atoms with Crippen LogP contribution in [0, 0.1) is 6.92 Å². The number of fused-ring (bicyclic) bond motifs is 1. The fourth-order valence-electron chi connectivity index (χ4n) is 4.80. The first-order chi connectivity index (χ1) is 17.5. The first-order valence-corrected chi connectivity index (χ1v) is 12.9. The van der Waals surface area contributed by atoms with E-state index in [0.717, 1.165) is 36.0 Å². The van der Waals surface area contributed by atoms with Crippen LogP contribution in [0.4, 0.5) is 0 Å². The van der Waals surface area contributed by atoms with Crippen molar-refractivity contribution >= 4 is 11.8 Å². The standard InChI is InChI=1S/C31H36N2O3/c1-24-13-7-8-16-26(24)22-30(34)33-20-12-4-11-19-32(2)31(35)28-17-9-10-18-29(28)36-23-27(33)21-25-14-5-3-6-15-25/h3,5-10,13-18,27H,4,11-12,19-23H2,1-2H3/t27-/m0/s1. The highest BCUT2D eigenvalue weighted by molar-refractivity contribution is 5.96. The van der Waals surface area contributed by atoms with Crippen LogP contribution in [0.5, 0.6) is 5.75 Å². The minimum atomic E-state index is -0.148. The molecule has 1 heterocycles. The molecule has 3 aromatic rings. The second kappa shape index (κ2) is 12.4. The van der Waals surface area contributed by atoms with Gasteiger partial charge in [-0.2, -0.15) is 0 Å². The molecule has 1 aliphatic heterocycles. The van der Waals surface area contributed by atoms with Gasteiger partial charge in [-0.05, 0) is 61.4 Å². The number of carbonyl (C=O) groups is 2. The zero-order valence-corrected chi connectivity index (χ0v) is 21.4. The van der Waals surface area contributed by atoms with Crippen LogP contribution in [0.1, 0.15) is 46.3 Å². The maximum atomic E-state index is 13.8. The van der Waals surface area contributed by atoms with Gasteiger partial charge in [0.05, 0.1) is 18.0 Å². The normalized spacial score (nSPS) is 17.3. The maximum Gasteiger partial charge on any atom is 0.257 e. The zero-order chi connectivity index (χ0) is 25.3. The van der Waals surface area contributed by atoms with Gasteiger partial charge in [0.15, 0.2) is 0 Å². The molecule has 2 amide bonds. The highest BCUT2D eigenvalue weighted by Gasteiger charge is 2.26. The molecule has 0 spiro atoms. The average molecular weight is 485 g/mol. The van der Waals surface area contributed by atoms with Crippen molar-refractivity contribution in [3.63, 3.8) is 0 Å². The van der Waals surface area contributed by atoms with E-state index in [9.17, 15) is 9.59 Å². The van der Waals surface area contributed by atoms with E-state index in [1.807, 2.05) is 72.6 Å². The number of carbonyl (C=O) groups excluding carboxylic acids is 2. The SMILES string of the molecule is Cc1ccccc1CC(=O)N1CCCCCN(C)C(=O)c2ccccc2OC[C@@H]1Cc1ccccc1. The first kappa shape index (κ1) is 25.5. The molecule has 4 rings (SSSR count). The molecular weight excluding hydrogens is 448 g/mol. The van der Waals surface area contributed by atoms with Crippen LogP contribution in [-0.2, 0) is 17.6 Å². The lowest BCUT2D eigenvalue weighted by atomic mass is 10.0. The summed E-state index contributed by atoms with van der Waals surface area (Å²) in [5.41, 5.74) is 3.91. The first-order valence-electron chi connectivity index (χ1n) is 12.9. The molecule has 0 bridgehead atoms. The van der Waals surface area contributed by atoms with E-state index in [1.54, 1.807) is 4.90 Å². The Balaban J connectivity index is 1.65. The van der Waals surface area contributed by atoms with E-state index in [-0.39, 0.29) is 17.9 Å². The lowest BCUT2D eigenvalue weighted by molar-refractivity contribution is -0.133. The van der Waals surface area contributed by atoms with Crippen LogP contribution in [0.3, 0.4) is 0 Å². The van der Waals surface area contributed by atoms with Crippen LogP contribution in [0.15, 0.2) is 78.9 Å². The number of hydrogen-bond donors (Lipinski definition) is 0. The Morgan fingerprint density at radius 3 is 2.39 bits per heavy atom. The van der Waals surface area contributed by atoms with E-state index < -0.39 is 0 Å². The third-order valence-corrected chi connectivity index (χ3v) is 6.97. The lowest BCUT2D eigenvalue weighted by Gasteiger charge is -2.32. The van der Waals surface area contributed by atoms with E-state index in [4.69, 9.17) is 4.74 Å². The largest absolute Gasteiger partial charge is 0.491 e. The van der Waals surface area contributed by atoms with Crippen molar-refractivity contribution in [2.24, 2.45) is 0 Å². The maximum absolute atomic E-state index is 13.8. The minimum Gasteiger partial charge on any atom is -0.491 e. The molecule has 3 aromatic carbocycles. The summed E-state index contributed by atoms with van der Waals surface area (Å²) in [6, 6.07) is 25.6. The van der Waals surface area contributed by atoms with Crippen LogP contribution < -0.4 is 4.74 Å². The number of nitrogens with zero attached hydrogens (tertiary/aromatic N) is 2. The second-order valence-electron chi connectivity index (χ2n) is 9.63. The predicted molar refractivity (Wildman–Crippen MR) is 143 cm³/mol. The lowest BCUT2D eigenvalue weighted by Crippen LogP contribution is -2.46. The van der Waals surface area contributed by atoms with Crippen molar-refractivity contribution < 1.29 is 14.3 Å². The summed E-state index contributed by atoms with van der Waals surface area (Å²) in [5, 5.41) is 0. The summed E-state index contributed by atoms with van der Waals surface area (Å²) in [6.45, 7) is 3.72. The Morgan fingerprint density at radius 2 is 1.58 bits per heavy atom. The molecule has 0 radical (unpaired) electrons. The summed E-state index contributed by atoms with van der Waals surface area (Å²) < 4.78 is 6.32. The summed E-state index contributed by atoms with van der Waals surface area (Å²) in [4.78, 5) is 30.6. The van der Waals surface area contributed by atoms with Gasteiger partial charge in [-0.1, -0.05) is 66.7 Å². The van der Waals surface area contributed by atoms with Gasteiger partial charge < -0.3 is 14.5 Å². The van der Waals surface area contributed by atoms with Crippen molar-refractivity contribution in [1.82, 2.24) is 9.80 Å². The van der Waals surface area contributed by atoms with Gasteiger partial charge in [-0.25, -0.2) is 0 Å². The van der Waals surface area contributed by atoms with Crippen molar-refractivity contribution in [2.75, 3.05) is 26.7 Å². The third kappa shape index (κ3) is 6.54. The molecule has 1 atom stereocenters. The van der Waals surface area contributed by atoms with Gasteiger partial charge in [0.1, 0.15) is 12.4 Å². The number of ether oxygens (including phenoxy) is 1. The van der Waals surface area contributed by atoms with Crippen molar-refractivity contribution in [3.05, 3.63) is 101 Å².